The van der Waals surface area contributed by atoms with E-state index in [0.717, 1.165) is 5.56 Å². The van der Waals surface area contributed by atoms with Gasteiger partial charge in [-0.25, -0.2) is 0 Å². The summed E-state index contributed by atoms with van der Waals surface area (Å²) in [5, 5.41) is 12.0. The summed E-state index contributed by atoms with van der Waals surface area (Å²) in [4.78, 5) is 10.8. The monoisotopic (exact) mass is 207 g/mol. The van der Waals surface area contributed by atoms with Crippen molar-refractivity contribution < 1.29 is 9.90 Å². The van der Waals surface area contributed by atoms with Crippen molar-refractivity contribution in [2.24, 2.45) is 0 Å². The number of benzene rings is 1. The van der Waals surface area contributed by atoms with Gasteiger partial charge in [0.25, 0.3) is 0 Å². The summed E-state index contributed by atoms with van der Waals surface area (Å²) < 4.78 is 0. The maximum Gasteiger partial charge on any atom is 0.320 e. The predicted molar refractivity (Wildman–Crippen MR) is 59.7 cm³/mol. The lowest BCUT2D eigenvalue weighted by Gasteiger charge is -2.19. The van der Waals surface area contributed by atoms with Crippen LogP contribution in [0.25, 0.3) is 0 Å². The molecule has 0 unspecified atom stereocenters. The van der Waals surface area contributed by atoms with Crippen LogP contribution in [0, 0.1) is 0 Å². The number of rotatable bonds is 5. The van der Waals surface area contributed by atoms with Gasteiger partial charge in [0.1, 0.15) is 6.04 Å². The van der Waals surface area contributed by atoms with Gasteiger partial charge >= 0.3 is 5.97 Å². The van der Waals surface area contributed by atoms with E-state index < -0.39 is 12.0 Å². The van der Waals surface area contributed by atoms with Crippen molar-refractivity contribution in [2.45, 2.75) is 32.4 Å². The molecule has 0 amide bonds. The van der Waals surface area contributed by atoms with Crippen LogP contribution >= 0.6 is 0 Å². The smallest absolute Gasteiger partial charge is 0.320 e. The molecule has 0 saturated carbocycles. The molecule has 15 heavy (non-hydrogen) atoms. The van der Waals surface area contributed by atoms with Gasteiger partial charge in [0.05, 0.1) is 0 Å². The Morgan fingerprint density at radius 1 is 1.40 bits per heavy atom. The average molecular weight is 207 g/mol. The highest BCUT2D eigenvalue weighted by Gasteiger charge is 2.17. The molecule has 1 rings (SSSR count). The van der Waals surface area contributed by atoms with E-state index in [-0.39, 0.29) is 6.04 Å². The first-order valence-corrected chi connectivity index (χ1v) is 5.19. The van der Waals surface area contributed by atoms with Crippen LogP contribution in [0.2, 0.25) is 0 Å². The van der Waals surface area contributed by atoms with Crippen molar-refractivity contribution in [1.29, 1.82) is 0 Å². The summed E-state index contributed by atoms with van der Waals surface area (Å²) in [6, 6.07) is 9.43. The fourth-order valence-electron chi connectivity index (χ4n) is 1.50. The molecule has 82 valence electrons. The van der Waals surface area contributed by atoms with E-state index in [1.165, 1.54) is 0 Å². The quantitative estimate of drug-likeness (QED) is 0.778. The Morgan fingerprint density at radius 3 is 2.47 bits per heavy atom. The normalized spacial score (nSPS) is 14.5. The number of hydrogen-bond donors (Lipinski definition) is 2. The Morgan fingerprint density at radius 2 is 2.00 bits per heavy atom. The van der Waals surface area contributed by atoms with Crippen LogP contribution in [0.4, 0.5) is 0 Å². The van der Waals surface area contributed by atoms with Crippen molar-refractivity contribution in [1.82, 2.24) is 5.32 Å². The summed E-state index contributed by atoms with van der Waals surface area (Å²) in [7, 11) is 0. The van der Waals surface area contributed by atoms with Gasteiger partial charge in [-0.15, -0.1) is 0 Å². The standard InChI is InChI=1S/C12H17NO2/c1-3-11(12(14)15)13-9(2)10-7-5-4-6-8-10/h4-9,11,13H,3H2,1-2H3,(H,14,15)/t9-,11-/m1/s1. The van der Waals surface area contributed by atoms with Crippen LogP contribution in [0.5, 0.6) is 0 Å². The van der Waals surface area contributed by atoms with Crippen molar-refractivity contribution in [3.05, 3.63) is 35.9 Å². The molecule has 0 saturated heterocycles. The Bertz CT molecular complexity index is 311. The molecule has 0 heterocycles. The van der Waals surface area contributed by atoms with Crippen LogP contribution in [0.3, 0.4) is 0 Å². The molecule has 2 atom stereocenters. The second-order valence-electron chi connectivity index (χ2n) is 3.60. The van der Waals surface area contributed by atoms with Crippen molar-refractivity contribution in [3.8, 4) is 0 Å². The molecule has 0 aliphatic carbocycles. The molecule has 3 nitrogen and oxygen atoms in total. The van der Waals surface area contributed by atoms with Gasteiger partial charge in [0.15, 0.2) is 0 Å². The first-order chi connectivity index (χ1) is 7.15. The van der Waals surface area contributed by atoms with Crippen LogP contribution in [0.1, 0.15) is 31.9 Å². The molecule has 0 radical (unpaired) electrons. The second kappa shape index (κ2) is 5.51. The molecule has 0 fully saturated rings. The van der Waals surface area contributed by atoms with E-state index in [9.17, 15) is 4.79 Å². The zero-order valence-electron chi connectivity index (χ0n) is 9.10. The van der Waals surface area contributed by atoms with E-state index in [1.54, 1.807) is 0 Å². The van der Waals surface area contributed by atoms with Crippen LogP contribution in [-0.2, 0) is 4.79 Å². The second-order valence-corrected chi connectivity index (χ2v) is 3.60. The number of hydrogen-bond acceptors (Lipinski definition) is 2. The van der Waals surface area contributed by atoms with E-state index in [2.05, 4.69) is 5.32 Å². The summed E-state index contributed by atoms with van der Waals surface area (Å²) in [6.07, 6.45) is 0.590. The minimum Gasteiger partial charge on any atom is -0.480 e. The predicted octanol–water partition coefficient (Wildman–Crippen LogP) is 2.20. The molecule has 2 N–H and O–H groups in total. The van der Waals surface area contributed by atoms with Gasteiger partial charge in [-0.2, -0.15) is 0 Å². The molecule has 0 bridgehead atoms. The minimum absolute atomic E-state index is 0.0623. The van der Waals surface area contributed by atoms with Crippen molar-refractivity contribution in [3.63, 3.8) is 0 Å². The van der Waals surface area contributed by atoms with E-state index in [4.69, 9.17) is 5.11 Å². The van der Waals surface area contributed by atoms with E-state index in [0.29, 0.717) is 6.42 Å². The van der Waals surface area contributed by atoms with Crippen molar-refractivity contribution in [2.75, 3.05) is 0 Å². The Kier molecular flexibility index (Phi) is 4.31. The third-order valence-corrected chi connectivity index (χ3v) is 2.46. The maximum absolute atomic E-state index is 10.8. The number of aliphatic carboxylic acids is 1. The SMILES string of the molecule is CC[C@@H](N[C@H](C)c1ccccc1)C(=O)O. The fourth-order valence-corrected chi connectivity index (χ4v) is 1.50. The van der Waals surface area contributed by atoms with Gasteiger partial charge in [-0.1, -0.05) is 37.3 Å². The van der Waals surface area contributed by atoms with Gasteiger partial charge in [-0.05, 0) is 18.9 Å². The lowest BCUT2D eigenvalue weighted by atomic mass is 10.1. The van der Waals surface area contributed by atoms with Gasteiger partial charge in [0, 0.05) is 6.04 Å². The lowest BCUT2D eigenvalue weighted by molar-refractivity contribution is -0.139. The molecule has 1 aromatic rings. The number of carbonyl (C=O) groups is 1. The number of nitrogens with one attached hydrogen (secondary N) is 1. The summed E-state index contributed by atoms with van der Waals surface area (Å²) in [5.74, 6) is -0.791. The number of carboxylic acids is 1. The molecule has 0 aliphatic heterocycles. The van der Waals surface area contributed by atoms with Gasteiger partial charge in [-0.3, -0.25) is 10.1 Å². The van der Waals surface area contributed by atoms with Crippen LogP contribution in [0.15, 0.2) is 30.3 Å². The Balaban J connectivity index is 2.62. The summed E-state index contributed by atoms with van der Waals surface area (Å²) >= 11 is 0. The van der Waals surface area contributed by atoms with E-state index >= 15 is 0 Å². The minimum atomic E-state index is -0.791. The van der Waals surface area contributed by atoms with Crippen LogP contribution in [-0.4, -0.2) is 17.1 Å². The average Bonchev–Trinajstić information content (AvgIpc) is 2.26. The molecule has 0 aromatic heterocycles. The maximum atomic E-state index is 10.8. The van der Waals surface area contributed by atoms with Gasteiger partial charge < -0.3 is 5.11 Å². The molecule has 1 aromatic carbocycles. The molecular weight excluding hydrogens is 190 g/mol. The topological polar surface area (TPSA) is 49.3 Å². The highest BCUT2D eigenvalue weighted by molar-refractivity contribution is 5.73. The zero-order chi connectivity index (χ0) is 11.3. The first kappa shape index (κ1) is 11.7. The van der Waals surface area contributed by atoms with Crippen LogP contribution < -0.4 is 5.32 Å². The Labute approximate surface area is 90.1 Å². The molecule has 0 aliphatic rings. The van der Waals surface area contributed by atoms with E-state index in [1.807, 2.05) is 44.2 Å². The van der Waals surface area contributed by atoms with Gasteiger partial charge in [0.2, 0.25) is 0 Å². The lowest BCUT2D eigenvalue weighted by Crippen LogP contribution is -2.37. The van der Waals surface area contributed by atoms with Crippen molar-refractivity contribution >= 4 is 5.97 Å². The zero-order valence-corrected chi connectivity index (χ0v) is 9.10. The Hall–Kier alpha value is -1.35. The molecule has 0 spiro atoms. The highest BCUT2D eigenvalue weighted by Crippen LogP contribution is 2.12. The third-order valence-electron chi connectivity index (χ3n) is 2.46. The molecule has 3 heteroatoms. The highest BCUT2D eigenvalue weighted by atomic mass is 16.4. The first-order valence-electron chi connectivity index (χ1n) is 5.19. The fraction of sp³-hybridized carbons (Fsp3) is 0.417. The molecular formula is C12H17NO2. The third kappa shape index (κ3) is 3.36. The summed E-state index contributed by atoms with van der Waals surface area (Å²) in [6.45, 7) is 3.84. The summed E-state index contributed by atoms with van der Waals surface area (Å²) in [5.41, 5.74) is 1.11. The number of carboxylic acid groups (broad SMARTS) is 1. The largest absolute Gasteiger partial charge is 0.480 e.